The average Bonchev–Trinajstić information content (AvgIpc) is 2.63. The molecule has 10 heteroatoms. The van der Waals surface area contributed by atoms with E-state index in [0.29, 0.717) is 5.02 Å². The van der Waals surface area contributed by atoms with Crippen molar-refractivity contribution in [2.45, 2.75) is 4.90 Å². The summed E-state index contributed by atoms with van der Waals surface area (Å²) < 4.78 is 30.5. The molecular formula is C16H14Cl2N2O5S. The summed E-state index contributed by atoms with van der Waals surface area (Å²) in [7, 11) is -2.44. The molecule has 0 aromatic heterocycles. The van der Waals surface area contributed by atoms with Crippen LogP contribution in [0.3, 0.4) is 0 Å². The summed E-state index contributed by atoms with van der Waals surface area (Å²) in [4.78, 5) is 23.8. The SMILES string of the molecule is CNS(=O)(=O)c1cccc(C(=O)OCC(=O)Nc2cc(Cl)ccc2Cl)c1. The Balaban J connectivity index is 2.01. The zero-order valence-corrected chi connectivity index (χ0v) is 15.8. The number of benzene rings is 2. The molecule has 0 aliphatic heterocycles. The van der Waals surface area contributed by atoms with Crippen molar-refractivity contribution >= 4 is 50.8 Å². The van der Waals surface area contributed by atoms with E-state index in [0.717, 1.165) is 6.07 Å². The first kappa shape index (κ1) is 20.2. The molecule has 0 saturated carbocycles. The van der Waals surface area contributed by atoms with E-state index in [-0.39, 0.29) is 21.2 Å². The van der Waals surface area contributed by atoms with Gasteiger partial charge in [0.25, 0.3) is 5.91 Å². The van der Waals surface area contributed by atoms with E-state index in [1.54, 1.807) is 6.07 Å². The standard InChI is InChI=1S/C16H14Cl2N2O5S/c1-19-26(23,24)12-4-2-3-10(7-12)16(22)25-9-15(21)20-14-8-11(17)5-6-13(14)18/h2-8,19H,9H2,1H3,(H,20,21). The fraction of sp³-hybridized carbons (Fsp3) is 0.125. The maximum Gasteiger partial charge on any atom is 0.338 e. The van der Waals surface area contributed by atoms with Gasteiger partial charge in [0.2, 0.25) is 10.0 Å². The van der Waals surface area contributed by atoms with Crippen LogP contribution in [-0.4, -0.2) is 33.9 Å². The maximum absolute atomic E-state index is 12.0. The maximum atomic E-state index is 12.0. The largest absolute Gasteiger partial charge is 0.452 e. The van der Waals surface area contributed by atoms with Crippen molar-refractivity contribution in [2.24, 2.45) is 0 Å². The van der Waals surface area contributed by atoms with Crippen molar-refractivity contribution < 1.29 is 22.7 Å². The fourth-order valence-corrected chi connectivity index (χ4v) is 3.01. The lowest BCUT2D eigenvalue weighted by Crippen LogP contribution is -2.22. The molecule has 0 saturated heterocycles. The minimum atomic E-state index is -3.70. The van der Waals surface area contributed by atoms with Gasteiger partial charge in [0, 0.05) is 5.02 Å². The number of carbonyl (C=O) groups excluding carboxylic acids is 2. The second-order valence-electron chi connectivity index (χ2n) is 4.98. The van der Waals surface area contributed by atoms with E-state index < -0.39 is 28.5 Å². The van der Waals surface area contributed by atoms with Crippen LogP contribution in [0.1, 0.15) is 10.4 Å². The van der Waals surface area contributed by atoms with Gasteiger partial charge in [0.15, 0.2) is 6.61 Å². The first-order valence-electron chi connectivity index (χ1n) is 7.18. The molecule has 1 amide bonds. The number of nitrogens with one attached hydrogen (secondary N) is 2. The van der Waals surface area contributed by atoms with Gasteiger partial charge >= 0.3 is 5.97 Å². The lowest BCUT2D eigenvalue weighted by atomic mass is 10.2. The molecule has 0 heterocycles. The molecule has 0 spiro atoms. The number of carbonyl (C=O) groups is 2. The minimum absolute atomic E-state index is 0.00471. The zero-order chi connectivity index (χ0) is 19.3. The van der Waals surface area contributed by atoms with Gasteiger partial charge in [-0.3, -0.25) is 4.79 Å². The van der Waals surface area contributed by atoms with E-state index in [9.17, 15) is 18.0 Å². The molecule has 0 aliphatic carbocycles. The van der Waals surface area contributed by atoms with Crippen molar-refractivity contribution in [3.8, 4) is 0 Å². The summed E-state index contributed by atoms with van der Waals surface area (Å²) in [6.45, 7) is -0.579. The Morgan fingerprint density at radius 2 is 1.85 bits per heavy atom. The lowest BCUT2D eigenvalue weighted by Gasteiger charge is -2.09. The molecule has 0 bridgehead atoms. The highest BCUT2D eigenvalue weighted by atomic mass is 35.5. The second kappa shape index (κ2) is 8.50. The van der Waals surface area contributed by atoms with Crippen molar-refractivity contribution in [3.05, 3.63) is 58.1 Å². The predicted octanol–water partition coefficient (Wildman–Crippen LogP) is 2.70. The molecule has 138 valence electrons. The lowest BCUT2D eigenvalue weighted by molar-refractivity contribution is -0.119. The smallest absolute Gasteiger partial charge is 0.338 e. The van der Waals surface area contributed by atoms with Crippen LogP contribution in [0.5, 0.6) is 0 Å². The first-order valence-corrected chi connectivity index (χ1v) is 9.42. The van der Waals surface area contributed by atoms with E-state index in [2.05, 4.69) is 10.0 Å². The van der Waals surface area contributed by atoms with Crippen LogP contribution in [0.2, 0.25) is 10.0 Å². The van der Waals surface area contributed by atoms with E-state index in [1.807, 2.05) is 0 Å². The molecule has 0 unspecified atom stereocenters. The van der Waals surface area contributed by atoms with Crippen LogP contribution in [-0.2, 0) is 19.6 Å². The van der Waals surface area contributed by atoms with E-state index >= 15 is 0 Å². The summed E-state index contributed by atoms with van der Waals surface area (Å²) in [5.41, 5.74) is 0.275. The molecule has 0 aliphatic rings. The van der Waals surface area contributed by atoms with Crippen LogP contribution < -0.4 is 10.0 Å². The number of ether oxygens (including phenoxy) is 1. The fourth-order valence-electron chi connectivity index (χ4n) is 1.90. The summed E-state index contributed by atoms with van der Waals surface area (Å²) >= 11 is 11.8. The molecule has 0 fully saturated rings. The Morgan fingerprint density at radius 3 is 2.54 bits per heavy atom. The molecule has 2 N–H and O–H groups in total. The number of amides is 1. The van der Waals surface area contributed by atoms with E-state index in [4.69, 9.17) is 27.9 Å². The summed E-state index contributed by atoms with van der Waals surface area (Å²) in [5.74, 6) is -1.47. The normalized spacial score (nSPS) is 11.0. The van der Waals surface area contributed by atoms with Gasteiger partial charge in [-0.25, -0.2) is 17.9 Å². The van der Waals surface area contributed by atoms with Gasteiger partial charge in [-0.1, -0.05) is 29.3 Å². The molecular weight excluding hydrogens is 403 g/mol. The zero-order valence-electron chi connectivity index (χ0n) is 13.5. The molecule has 26 heavy (non-hydrogen) atoms. The van der Waals surface area contributed by atoms with Gasteiger partial charge in [0.05, 0.1) is 21.2 Å². The number of hydrogen-bond acceptors (Lipinski definition) is 5. The third-order valence-corrected chi connectivity index (χ3v) is 5.16. The van der Waals surface area contributed by atoms with Crippen molar-refractivity contribution in [3.63, 3.8) is 0 Å². The van der Waals surface area contributed by atoms with Crippen molar-refractivity contribution in [2.75, 3.05) is 19.0 Å². The Bertz CT molecular complexity index is 947. The van der Waals surface area contributed by atoms with Gasteiger partial charge in [-0.15, -0.1) is 0 Å². The van der Waals surface area contributed by atoms with Crippen LogP contribution >= 0.6 is 23.2 Å². The summed E-state index contributed by atoms with van der Waals surface area (Å²) in [6, 6.07) is 9.78. The third-order valence-electron chi connectivity index (χ3n) is 3.19. The topological polar surface area (TPSA) is 102 Å². The molecule has 7 nitrogen and oxygen atoms in total. The highest BCUT2D eigenvalue weighted by molar-refractivity contribution is 7.89. The monoisotopic (exact) mass is 416 g/mol. The molecule has 0 radical (unpaired) electrons. The Morgan fingerprint density at radius 1 is 1.12 bits per heavy atom. The van der Waals surface area contributed by atoms with Gasteiger partial charge in [-0.2, -0.15) is 0 Å². The third kappa shape index (κ3) is 5.18. The van der Waals surface area contributed by atoms with Gasteiger partial charge < -0.3 is 10.1 Å². The number of anilines is 1. The highest BCUT2D eigenvalue weighted by Crippen LogP contribution is 2.25. The van der Waals surface area contributed by atoms with Crippen molar-refractivity contribution in [1.29, 1.82) is 0 Å². The predicted molar refractivity (Wildman–Crippen MR) is 98.1 cm³/mol. The van der Waals surface area contributed by atoms with Crippen LogP contribution in [0.25, 0.3) is 0 Å². The van der Waals surface area contributed by atoms with Crippen LogP contribution in [0.4, 0.5) is 5.69 Å². The summed E-state index contributed by atoms with van der Waals surface area (Å²) in [6.07, 6.45) is 0. The quantitative estimate of drug-likeness (QED) is 0.704. The van der Waals surface area contributed by atoms with Crippen LogP contribution in [0, 0.1) is 0 Å². The van der Waals surface area contributed by atoms with Gasteiger partial charge in [-0.05, 0) is 43.4 Å². The van der Waals surface area contributed by atoms with Crippen LogP contribution in [0.15, 0.2) is 47.4 Å². The Kier molecular flexibility index (Phi) is 6.60. The average molecular weight is 417 g/mol. The number of sulfonamides is 1. The Labute approximate surface area is 160 Å². The number of hydrogen-bond donors (Lipinski definition) is 2. The molecule has 2 aromatic rings. The molecule has 2 aromatic carbocycles. The number of halogens is 2. The van der Waals surface area contributed by atoms with Gasteiger partial charge in [0.1, 0.15) is 0 Å². The molecule has 0 atom stereocenters. The number of rotatable bonds is 6. The first-order chi connectivity index (χ1) is 12.2. The Hall–Kier alpha value is -2.13. The summed E-state index contributed by atoms with van der Waals surface area (Å²) in [5, 5.41) is 3.12. The second-order valence-corrected chi connectivity index (χ2v) is 7.71. The minimum Gasteiger partial charge on any atom is -0.452 e. The molecule has 2 rings (SSSR count). The van der Waals surface area contributed by atoms with Crippen molar-refractivity contribution in [1.82, 2.24) is 4.72 Å². The van der Waals surface area contributed by atoms with E-state index in [1.165, 1.54) is 37.4 Å². The number of esters is 1. The highest BCUT2D eigenvalue weighted by Gasteiger charge is 2.16.